The van der Waals surface area contributed by atoms with Crippen LogP contribution in [0.3, 0.4) is 0 Å². The van der Waals surface area contributed by atoms with Crippen molar-refractivity contribution in [3.63, 3.8) is 0 Å². The smallest absolute Gasteiger partial charge is 0.248 e. The summed E-state index contributed by atoms with van der Waals surface area (Å²) < 4.78 is 5.34. The fourth-order valence-corrected chi connectivity index (χ4v) is 2.85. The van der Waals surface area contributed by atoms with Gasteiger partial charge in [-0.2, -0.15) is 0 Å². The first-order valence-electron chi connectivity index (χ1n) is 7.10. The summed E-state index contributed by atoms with van der Waals surface area (Å²) in [6.07, 6.45) is 4.67. The van der Waals surface area contributed by atoms with E-state index < -0.39 is 5.91 Å². The van der Waals surface area contributed by atoms with Gasteiger partial charge in [-0.15, -0.1) is 0 Å². The first kappa shape index (κ1) is 14.7. The number of methoxy groups -OCH3 is 1. The lowest BCUT2D eigenvalue weighted by Crippen LogP contribution is -2.36. The van der Waals surface area contributed by atoms with Crippen LogP contribution in [0.2, 0.25) is 0 Å². The van der Waals surface area contributed by atoms with E-state index in [9.17, 15) is 4.79 Å². The Hall–Kier alpha value is -1.75. The molecule has 1 saturated carbocycles. The molecule has 1 aromatic rings. The van der Waals surface area contributed by atoms with Gasteiger partial charge in [-0.25, -0.2) is 0 Å². The summed E-state index contributed by atoms with van der Waals surface area (Å²) >= 11 is 0. The van der Waals surface area contributed by atoms with E-state index in [1.165, 1.54) is 12.8 Å². The summed E-state index contributed by atoms with van der Waals surface area (Å²) in [7, 11) is 1.62. The molecule has 20 heavy (non-hydrogen) atoms. The maximum Gasteiger partial charge on any atom is 0.248 e. The number of benzene rings is 1. The minimum atomic E-state index is -0.435. The average Bonchev–Trinajstić information content (AvgIpc) is 2.47. The summed E-state index contributed by atoms with van der Waals surface area (Å²) in [5.74, 6) is 0.747. The van der Waals surface area contributed by atoms with Gasteiger partial charge in [-0.05, 0) is 43.5 Å². The molecule has 1 aliphatic rings. The Kier molecular flexibility index (Phi) is 4.84. The van der Waals surface area contributed by atoms with Crippen LogP contribution in [0.15, 0.2) is 18.2 Å². The van der Waals surface area contributed by atoms with Gasteiger partial charge in [-0.1, -0.05) is 12.8 Å². The Bertz CT molecular complexity index is 476. The minimum absolute atomic E-state index is 0.325. The lowest BCUT2D eigenvalue weighted by Gasteiger charge is -2.32. The van der Waals surface area contributed by atoms with E-state index in [-0.39, 0.29) is 0 Å². The van der Waals surface area contributed by atoms with Crippen molar-refractivity contribution in [3.05, 3.63) is 23.8 Å². The number of anilines is 1. The lowest BCUT2D eigenvalue weighted by atomic mass is 9.84. The number of nitrogens with two attached hydrogens (primary N) is 2. The highest BCUT2D eigenvalue weighted by Gasteiger charge is 2.24. The van der Waals surface area contributed by atoms with Crippen molar-refractivity contribution in [2.75, 3.05) is 19.0 Å². The second-order valence-electron chi connectivity index (χ2n) is 5.31. The van der Waals surface area contributed by atoms with Crippen molar-refractivity contribution >= 4 is 11.6 Å². The largest absolute Gasteiger partial charge is 0.495 e. The number of amides is 1. The van der Waals surface area contributed by atoms with Gasteiger partial charge < -0.3 is 21.5 Å². The number of nitrogens with one attached hydrogen (secondary N) is 1. The molecule has 0 aliphatic heterocycles. The molecule has 2 atom stereocenters. The van der Waals surface area contributed by atoms with E-state index in [2.05, 4.69) is 5.32 Å². The highest BCUT2D eigenvalue weighted by atomic mass is 16.5. The van der Waals surface area contributed by atoms with Crippen molar-refractivity contribution in [1.82, 2.24) is 0 Å². The van der Waals surface area contributed by atoms with Crippen molar-refractivity contribution in [2.45, 2.75) is 31.7 Å². The number of primary amides is 1. The summed E-state index contributed by atoms with van der Waals surface area (Å²) in [5, 5.41) is 3.48. The Morgan fingerprint density at radius 1 is 1.40 bits per heavy atom. The third-order valence-corrected chi connectivity index (χ3v) is 4.04. The highest BCUT2D eigenvalue weighted by Crippen LogP contribution is 2.31. The topological polar surface area (TPSA) is 90.4 Å². The van der Waals surface area contributed by atoms with Crippen LogP contribution in [-0.2, 0) is 0 Å². The molecule has 1 aromatic carbocycles. The van der Waals surface area contributed by atoms with E-state index >= 15 is 0 Å². The zero-order valence-electron chi connectivity index (χ0n) is 11.9. The molecule has 2 rings (SSSR count). The molecule has 0 aromatic heterocycles. The monoisotopic (exact) mass is 277 g/mol. The van der Waals surface area contributed by atoms with Gasteiger partial charge in [0.05, 0.1) is 12.8 Å². The van der Waals surface area contributed by atoms with Crippen LogP contribution in [0.1, 0.15) is 36.0 Å². The first-order chi connectivity index (χ1) is 9.65. The molecule has 0 bridgehead atoms. The third-order valence-electron chi connectivity index (χ3n) is 4.04. The molecule has 0 radical (unpaired) electrons. The van der Waals surface area contributed by atoms with Gasteiger partial charge in [0, 0.05) is 11.6 Å². The van der Waals surface area contributed by atoms with Crippen LogP contribution in [0.5, 0.6) is 5.75 Å². The Balaban J connectivity index is 2.21. The van der Waals surface area contributed by atoms with E-state index in [4.69, 9.17) is 16.2 Å². The van der Waals surface area contributed by atoms with Crippen LogP contribution in [0.4, 0.5) is 5.69 Å². The Morgan fingerprint density at radius 2 is 2.15 bits per heavy atom. The average molecular weight is 277 g/mol. The summed E-state index contributed by atoms with van der Waals surface area (Å²) in [5.41, 5.74) is 12.5. The molecule has 2 unspecified atom stereocenters. The van der Waals surface area contributed by atoms with Gasteiger partial charge >= 0.3 is 0 Å². The van der Waals surface area contributed by atoms with Crippen LogP contribution in [0.25, 0.3) is 0 Å². The predicted octanol–water partition coefficient (Wildman–Crippen LogP) is 1.72. The van der Waals surface area contributed by atoms with E-state index in [0.29, 0.717) is 24.1 Å². The molecule has 5 N–H and O–H groups in total. The molecule has 0 spiro atoms. The molecule has 1 amide bonds. The second-order valence-corrected chi connectivity index (χ2v) is 5.31. The number of carbonyl (C=O) groups is 1. The summed E-state index contributed by atoms with van der Waals surface area (Å²) in [4.78, 5) is 11.3. The Labute approximate surface area is 119 Å². The lowest BCUT2D eigenvalue weighted by molar-refractivity contribution is 0.100. The number of carbonyl (C=O) groups excluding carboxylic acids is 1. The maximum atomic E-state index is 11.3. The van der Waals surface area contributed by atoms with Crippen LogP contribution in [0, 0.1) is 5.92 Å². The standard InChI is InChI=1S/C15H23N3O2/c1-20-14-7-6-10(15(17)19)8-13(14)18-12-5-3-2-4-11(12)9-16/h6-8,11-12,18H,2-5,9,16H2,1H3,(H2,17,19). The number of ether oxygens (including phenoxy) is 1. The van der Waals surface area contributed by atoms with Gasteiger partial charge in [-0.3, -0.25) is 4.79 Å². The molecule has 0 heterocycles. The van der Waals surface area contributed by atoms with Crippen LogP contribution < -0.4 is 21.5 Å². The van der Waals surface area contributed by atoms with E-state index in [1.807, 2.05) is 0 Å². The molecule has 5 nitrogen and oxygen atoms in total. The zero-order chi connectivity index (χ0) is 14.5. The molecule has 0 saturated heterocycles. The number of hydrogen-bond donors (Lipinski definition) is 3. The first-order valence-corrected chi connectivity index (χ1v) is 7.10. The van der Waals surface area contributed by atoms with Gasteiger partial charge in [0.1, 0.15) is 5.75 Å². The highest BCUT2D eigenvalue weighted by molar-refractivity contribution is 5.94. The van der Waals surface area contributed by atoms with Crippen LogP contribution in [-0.4, -0.2) is 25.6 Å². The molecule has 5 heteroatoms. The molecule has 1 fully saturated rings. The maximum absolute atomic E-state index is 11.3. The van der Waals surface area contributed by atoms with Crippen molar-refractivity contribution in [3.8, 4) is 5.75 Å². The third kappa shape index (κ3) is 3.22. The van der Waals surface area contributed by atoms with Gasteiger partial charge in [0.15, 0.2) is 0 Å². The zero-order valence-corrected chi connectivity index (χ0v) is 11.9. The fourth-order valence-electron chi connectivity index (χ4n) is 2.85. The summed E-state index contributed by atoms with van der Waals surface area (Å²) in [6.45, 7) is 0.676. The summed E-state index contributed by atoms with van der Waals surface area (Å²) in [6, 6.07) is 5.52. The van der Waals surface area contributed by atoms with Crippen molar-refractivity contribution in [2.24, 2.45) is 17.4 Å². The quantitative estimate of drug-likeness (QED) is 0.764. The molecule has 1 aliphatic carbocycles. The number of rotatable bonds is 5. The van der Waals surface area contributed by atoms with Gasteiger partial charge in [0.2, 0.25) is 5.91 Å². The molecule has 110 valence electrons. The van der Waals surface area contributed by atoms with E-state index in [0.717, 1.165) is 24.3 Å². The minimum Gasteiger partial charge on any atom is -0.495 e. The van der Waals surface area contributed by atoms with E-state index in [1.54, 1.807) is 25.3 Å². The van der Waals surface area contributed by atoms with Crippen LogP contribution >= 0.6 is 0 Å². The Morgan fingerprint density at radius 3 is 2.80 bits per heavy atom. The number of hydrogen-bond acceptors (Lipinski definition) is 4. The second kappa shape index (κ2) is 6.61. The van der Waals surface area contributed by atoms with Crippen molar-refractivity contribution in [1.29, 1.82) is 0 Å². The molecular formula is C15H23N3O2. The predicted molar refractivity (Wildman–Crippen MR) is 79.9 cm³/mol. The van der Waals surface area contributed by atoms with Gasteiger partial charge in [0.25, 0.3) is 0 Å². The normalized spacial score (nSPS) is 22.3. The molecular weight excluding hydrogens is 254 g/mol. The SMILES string of the molecule is COc1ccc(C(N)=O)cc1NC1CCCCC1CN. The fraction of sp³-hybridized carbons (Fsp3) is 0.533. The van der Waals surface area contributed by atoms with Crippen molar-refractivity contribution < 1.29 is 9.53 Å².